The molecule has 2 aromatic heterocycles. The molecule has 0 N–H and O–H groups in total. The summed E-state index contributed by atoms with van der Waals surface area (Å²) in [4.78, 5) is 19.9. The van der Waals surface area contributed by atoms with Crippen LogP contribution in [0.4, 0.5) is 0 Å². The van der Waals surface area contributed by atoms with E-state index in [1.807, 2.05) is 32.9 Å². The Hall–Kier alpha value is -2.69. The zero-order valence-electron chi connectivity index (χ0n) is 12.0. The van der Waals surface area contributed by atoms with Gasteiger partial charge in [-0.25, -0.2) is 14.8 Å². The van der Waals surface area contributed by atoms with E-state index >= 15 is 0 Å². The lowest BCUT2D eigenvalue weighted by Gasteiger charge is -2.07. The second-order valence-corrected chi connectivity index (χ2v) is 4.94. The quantitative estimate of drug-likeness (QED) is 0.675. The van der Waals surface area contributed by atoms with Crippen LogP contribution < -0.4 is 10.4 Å². The van der Waals surface area contributed by atoms with Gasteiger partial charge in [0.15, 0.2) is 0 Å². The number of aromatic nitrogens is 2. The first-order valence-corrected chi connectivity index (χ1v) is 6.56. The van der Waals surface area contributed by atoms with Crippen LogP contribution in [0.2, 0.25) is 0 Å². The third kappa shape index (κ3) is 2.76. The fraction of sp³-hybridized carbons (Fsp3) is 0.188. The fourth-order valence-electron chi connectivity index (χ4n) is 2.21. The molecule has 0 bridgehead atoms. The van der Waals surface area contributed by atoms with Gasteiger partial charge in [-0.2, -0.15) is 0 Å². The topological polar surface area (TPSA) is 65.2 Å². The average Bonchev–Trinajstić information content (AvgIpc) is 2.36. The van der Waals surface area contributed by atoms with Crippen molar-refractivity contribution in [2.45, 2.75) is 20.8 Å². The highest BCUT2D eigenvalue weighted by atomic mass is 16.5. The molecule has 0 atom stereocenters. The monoisotopic (exact) mass is 282 g/mol. The Morgan fingerprint density at radius 3 is 2.43 bits per heavy atom. The van der Waals surface area contributed by atoms with E-state index in [0.29, 0.717) is 11.3 Å². The summed E-state index contributed by atoms with van der Waals surface area (Å²) in [5.41, 5.74) is 2.65. The Kier molecular flexibility index (Phi) is 3.17. The highest BCUT2D eigenvalue weighted by Crippen LogP contribution is 2.25. The summed E-state index contributed by atoms with van der Waals surface area (Å²) >= 11 is 0. The zero-order chi connectivity index (χ0) is 15.0. The molecule has 0 aliphatic heterocycles. The van der Waals surface area contributed by atoms with E-state index in [0.717, 1.165) is 22.3 Å². The molecule has 0 saturated carbocycles. The minimum absolute atomic E-state index is 0.279. The van der Waals surface area contributed by atoms with E-state index in [2.05, 4.69) is 9.97 Å². The number of fused-ring (bicyclic) bond motifs is 1. The van der Waals surface area contributed by atoms with Crippen LogP contribution >= 0.6 is 0 Å². The van der Waals surface area contributed by atoms with Gasteiger partial charge in [0.05, 0.1) is 0 Å². The Morgan fingerprint density at radius 1 is 1.00 bits per heavy atom. The van der Waals surface area contributed by atoms with Crippen LogP contribution in [0, 0.1) is 20.8 Å². The molecular formula is C16H14N2O3. The van der Waals surface area contributed by atoms with Crippen molar-refractivity contribution >= 4 is 11.0 Å². The van der Waals surface area contributed by atoms with Crippen molar-refractivity contribution in [3.05, 3.63) is 57.7 Å². The van der Waals surface area contributed by atoms with E-state index in [1.54, 1.807) is 12.1 Å². The minimum atomic E-state index is -0.375. The van der Waals surface area contributed by atoms with Gasteiger partial charge in [-0.1, -0.05) is 0 Å². The van der Waals surface area contributed by atoms with Crippen LogP contribution in [0.3, 0.4) is 0 Å². The number of benzene rings is 1. The summed E-state index contributed by atoms with van der Waals surface area (Å²) in [6, 6.07) is 8.94. The Morgan fingerprint density at radius 2 is 1.71 bits per heavy atom. The minimum Gasteiger partial charge on any atom is -0.424 e. The second-order valence-electron chi connectivity index (χ2n) is 4.94. The molecule has 3 rings (SSSR count). The number of hydrogen-bond donors (Lipinski definition) is 0. The molecule has 0 radical (unpaired) electrons. The van der Waals surface area contributed by atoms with Crippen LogP contribution in [0.1, 0.15) is 17.0 Å². The molecule has 1 aromatic carbocycles. The lowest BCUT2D eigenvalue weighted by atomic mass is 10.1. The van der Waals surface area contributed by atoms with Gasteiger partial charge in [-0.05, 0) is 44.5 Å². The zero-order valence-corrected chi connectivity index (χ0v) is 12.0. The van der Waals surface area contributed by atoms with Crippen LogP contribution in [-0.4, -0.2) is 9.97 Å². The molecule has 5 heteroatoms. The number of hydrogen-bond acceptors (Lipinski definition) is 5. The van der Waals surface area contributed by atoms with Crippen molar-refractivity contribution in [3.8, 4) is 11.8 Å². The van der Waals surface area contributed by atoms with Crippen LogP contribution in [0.25, 0.3) is 11.0 Å². The number of ether oxygens (including phenoxy) is 1. The standard InChI is InChI=1S/C16H14N2O3/c1-9-6-15(19)21-14-8-12(4-5-13(9)14)20-16-17-10(2)7-11(3)18-16/h4-8H,1-3H3. The maximum Gasteiger partial charge on any atom is 0.336 e. The van der Waals surface area contributed by atoms with Gasteiger partial charge in [-0.15, -0.1) is 0 Å². The molecule has 0 amide bonds. The molecule has 0 spiro atoms. The molecular weight excluding hydrogens is 268 g/mol. The van der Waals surface area contributed by atoms with Crippen molar-refractivity contribution in [1.29, 1.82) is 0 Å². The average molecular weight is 282 g/mol. The Bertz CT molecular complexity index is 864. The van der Waals surface area contributed by atoms with Gasteiger partial charge in [0.2, 0.25) is 0 Å². The molecule has 21 heavy (non-hydrogen) atoms. The van der Waals surface area contributed by atoms with Gasteiger partial charge in [0.1, 0.15) is 11.3 Å². The van der Waals surface area contributed by atoms with Crippen LogP contribution in [0.15, 0.2) is 39.5 Å². The van der Waals surface area contributed by atoms with Crippen LogP contribution in [-0.2, 0) is 0 Å². The maximum absolute atomic E-state index is 11.4. The fourth-order valence-corrected chi connectivity index (χ4v) is 2.21. The van der Waals surface area contributed by atoms with Crippen molar-refractivity contribution in [2.75, 3.05) is 0 Å². The largest absolute Gasteiger partial charge is 0.424 e. The summed E-state index contributed by atoms with van der Waals surface area (Å²) < 4.78 is 10.8. The molecule has 3 aromatic rings. The first-order chi connectivity index (χ1) is 10.0. The smallest absolute Gasteiger partial charge is 0.336 e. The maximum atomic E-state index is 11.4. The number of rotatable bonds is 2. The lowest BCUT2D eigenvalue weighted by molar-refractivity contribution is 0.438. The summed E-state index contributed by atoms with van der Waals surface area (Å²) in [5.74, 6) is 0.529. The highest BCUT2D eigenvalue weighted by Gasteiger charge is 2.07. The van der Waals surface area contributed by atoms with E-state index < -0.39 is 0 Å². The van der Waals surface area contributed by atoms with Gasteiger partial charge >= 0.3 is 11.6 Å². The summed E-state index contributed by atoms with van der Waals surface area (Å²) in [6.45, 7) is 5.63. The summed E-state index contributed by atoms with van der Waals surface area (Å²) in [7, 11) is 0. The van der Waals surface area contributed by atoms with Crippen molar-refractivity contribution in [3.63, 3.8) is 0 Å². The SMILES string of the molecule is Cc1cc(C)nc(Oc2ccc3c(C)cc(=O)oc3c2)n1. The summed E-state index contributed by atoms with van der Waals surface area (Å²) in [6.07, 6.45) is 0. The molecule has 106 valence electrons. The third-order valence-electron chi connectivity index (χ3n) is 3.09. The third-order valence-corrected chi connectivity index (χ3v) is 3.09. The highest BCUT2D eigenvalue weighted by molar-refractivity contribution is 5.81. The van der Waals surface area contributed by atoms with E-state index in [4.69, 9.17) is 9.15 Å². The van der Waals surface area contributed by atoms with Gasteiger partial charge < -0.3 is 9.15 Å². The molecule has 2 heterocycles. The van der Waals surface area contributed by atoms with Crippen molar-refractivity contribution in [2.24, 2.45) is 0 Å². The first-order valence-electron chi connectivity index (χ1n) is 6.56. The Balaban J connectivity index is 2.03. The van der Waals surface area contributed by atoms with Gasteiger partial charge in [-0.3, -0.25) is 0 Å². The van der Waals surface area contributed by atoms with E-state index in [-0.39, 0.29) is 11.6 Å². The first kappa shape index (κ1) is 13.3. The molecule has 0 aliphatic carbocycles. The van der Waals surface area contributed by atoms with Crippen LogP contribution in [0.5, 0.6) is 11.8 Å². The molecule has 0 saturated heterocycles. The number of nitrogens with zero attached hydrogens (tertiary/aromatic N) is 2. The predicted octanol–water partition coefficient (Wildman–Crippen LogP) is 3.30. The van der Waals surface area contributed by atoms with E-state index in [1.165, 1.54) is 6.07 Å². The normalized spacial score (nSPS) is 10.8. The van der Waals surface area contributed by atoms with Crippen molar-refractivity contribution in [1.82, 2.24) is 9.97 Å². The Labute approximate surface area is 121 Å². The summed E-state index contributed by atoms with van der Waals surface area (Å²) in [5, 5.41) is 0.878. The molecule has 0 fully saturated rings. The second kappa shape index (κ2) is 5.01. The lowest BCUT2D eigenvalue weighted by Crippen LogP contribution is -1.99. The van der Waals surface area contributed by atoms with E-state index in [9.17, 15) is 4.79 Å². The molecule has 0 unspecified atom stereocenters. The molecule has 0 aliphatic rings. The molecule has 5 nitrogen and oxygen atoms in total. The predicted molar refractivity (Wildman–Crippen MR) is 78.8 cm³/mol. The van der Waals surface area contributed by atoms with Gasteiger partial charge in [0, 0.05) is 28.9 Å². The van der Waals surface area contributed by atoms with Crippen molar-refractivity contribution < 1.29 is 9.15 Å². The number of aryl methyl sites for hydroxylation is 3. The van der Waals surface area contributed by atoms with Gasteiger partial charge in [0.25, 0.3) is 0 Å².